The van der Waals surface area contributed by atoms with Crippen molar-refractivity contribution in [3.8, 4) is 0 Å². The molecule has 1 aromatic rings. The summed E-state index contributed by atoms with van der Waals surface area (Å²) in [6.45, 7) is 5.21. The van der Waals surface area contributed by atoms with Gasteiger partial charge in [0.05, 0.1) is 0 Å². The molecular weight excluding hydrogens is 256 g/mol. The van der Waals surface area contributed by atoms with Crippen molar-refractivity contribution in [2.75, 3.05) is 13.1 Å². The molecule has 0 spiro atoms. The van der Waals surface area contributed by atoms with E-state index in [4.69, 9.17) is 4.74 Å². The fourth-order valence-electron chi connectivity index (χ4n) is 1.46. The van der Waals surface area contributed by atoms with Crippen LogP contribution in [-0.4, -0.2) is 25.1 Å². The van der Waals surface area contributed by atoms with Crippen LogP contribution in [0.25, 0.3) is 0 Å². The van der Waals surface area contributed by atoms with Crippen LogP contribution in [0.2, 0.25) is 0 Å². The van der Waals surface area contributed by atoms with Gasteiger partial charge in [0.1, 0.15) is 6.61 Å². The average Bonchev–Trinajstić information content (AvgIpc) is 2.44. The predicted octanol–water partition coefficient (Wildman–Crippen LogP) is 2.08. The van der Waals surface area contributed by atoms with E-state index in [-0.39, 0.29) is 25.5 Å². The van der Waals surface area contributed by atoms with E-state index in [0.29, 0.717) is 12.5 Å². The Morgan fingerprint density at radius 3 is 2.50 bits per heavy atom. The third kappa shape index (κ3) is 7.41. The van der Waals surface area contributed by atoms with E-state index in [1.54, 1.807) is 0 Å². The van der Waals surface area contributed by atoms with Crippen molar-refractivity contribution < 1.29 is 14.3 Å². The molecule has 0 aliphatic rings. The normalized spacial score (nSPS) is 10.2. The Labute approximate surface area is 119 Å². The van der Waals surface area contributed by atoms with E-state index in [2.05, 4.69) is 10.6 Å². The number of ether oxygens (including phenoxy) is 1. The fourth-order valence-corrected chi connectivity index (χ4v) is 1.46. The van der Waals surface area contributed by atoms with Gasteiger partial charge in [-0.05, 0) is 11.5 Å². The maximum Gasteiger partial charge on any atom is 0.407 e. The van der Waals surface area contributed by atoms with Crippen molar-refractivity contribution in [3.63, 3.8) is 0 Å². The summed E-state index contributed by atoms with van der Waals surface area (Å²) < 4.78 is 5.03. The van der Waals surface area contributed by atoms with E-state index >= 15 is 0 Å². The maximum absolute atomic E-state index is 11.4. The molecule has 0 aromatic heterocycles. The van der Waals surface area contributed by atoms with E-state index in [1.807, 2.05) is 44.2 Å². The number of amides is 2. The molecule has 0 saturated carbocycles. The molecule has 0 heterocycles. The molecule has 1 rings (SSSR count). The van der Waals surface area contributed by atoms with Crippen LogP contribution < -0.4 is 10.6 Å². The Kier molecular flexibility index (Phi) is 7.17. The standard InChI is InChI=1S/C15H22N2O3/c1-12(2)10-17-14(18)8-9-16-15(19)20-11-13-6-4-3-5-7-13/h3-7,12H,8-11H2,1-2H3,(H,16,19)(H,17,18). The minimum absolute atomic E-state index is 0.0675. The Morgan fingerprint density at radius 2 is 1.85 bits per heavy atom. The van der Waals surface area contributed by atoms with Gasteiger partial charge < -0.3 is 15.4 Å². The van der Waals surface area contributed by atoms with Gasteiger partial charge in [-0.25, -0.2) is 4.79 Å². The van der Waals surface area contributed by atoms with Crippen LogP contribution in [0, 0.1) is 5.92 Å². The minimum atomic E-state index is -0.509. The molecule has 5 nitrogen and oxygen atoms in total. The number of rotatable bonds is 7. The Balaban J connectivity index is 2.10. The highest BCUT2D eigenvalue weighted by molar-refractivity contribution is 5.76. The van der Waals surface area contributed by atoms with Crippen LogP contribution in [0.15, 0.2) is 30.3 Å². The summed E-state index contributed by atoms with van der Waals surface area (Å²) in [5.74, 6) is 0.352. The molecule has 2 amide bonds. The first-order valence-electron chi connectivity index (χ1n) is 6.79. The zero-order valence-corrected chi connectivity index (χ0v) is 12.0. The molecular formula is C15H22N2O3. The molecule has 0 radical (unpaired) electrons. The van der Waals surface area contributed by atoms with Crippen molar-refractivity contribution in [2.45, 2.75) is 26.9 Å². The number of hydrogen-bond donors (Lipinski definition) is 2. The lowest BCUT2D eigenvalue weighted by Gasteiger charge is -2.09. The van der Waals surface area contributed by atoms with Crippen LogP contribution in [0.3, 0.4) is 0 Å². The smallest absolute Gasteiger partial charge is 0.407 e. The van der Waals surface area contributed by atoms with Gasteiger partial charge in [-0.1, -0.05) is 44.2 Å². The van der Waals surface area contributed by atoms with Gasteiger partial charge in [-0.2, -0.15) is 0 Å². The van der Waals surface area contributed by atoms with Gasteiger partial charge in [-0.15, -0.1) is 0 Å². The first-order valence-corrected chi connectivity index (χ1v) is 6.79. The van der Waals surface area contributed by atoms with Crippen LogP contribution in [-0.2, 0) is 16.1 Å². The summed E-state index contributed by atoms with van der Waals surface area (Å²) in [6, 6.07) is 9.43. The molecule has 0 fully saturated rings. The largest absolute Gasteiger partial charge is 0.445 e. The van der Waals surface area contributed by atoms with Crippen molar-refractivity contribution in [2.24, 2.45) is 5.92 Å². The topological polar surface area (TPSA) is 67.4 Å². The molecule has 0 aliphatic heterocycles. The SMILES string of the molecule is CC(C)CNC(=O)CCNC(=O)OCc1ccccc1. The minimum Gasteiger partial charge on any atom is -0.445 e. The highest BCUT2D eigenvalue weighted by Crippen LogP contribution is 2.00. The number of alkyl carbamates (subject to hydrolysis) is 1. The van der Waals surface area contributed by atoms with Gasteiger partial charge in [0.2, 0.25) is 5.91 Å². The molecule has 0 bridgehead atoms. The van der Waals surface area contributed by atoms with E-state index in [0.717, 1.165) is 5.56 Å². The van der Waals surface area contributed by atoms with Crippen molar-refractivity contribution in [1.82, 2.24) is 10.6 Å². The fraction of sp³-hybridized carbons (Fsp3) is 0.467. The lowest BCUT2D eigenvalue weighted by atomic mass is 10.2. The zero-order valence-electron chi connectivity index (χ0n) is 12.0. The zero-order chi connectivity index (χ0) is 14.8. The predicted molar refractivity (Wildman–Crippen MR) is 77.1 cm³/mol. The first-order chi connectivity index (χ1) is 9.58. The molecule has 0 saturated heterocycles. The van der Waals surface area contributed by atoms with Crippen LogP contribution in [0.5, 0.6) is 0 Å². The second-order valence-corrected chi connectivity index (χ2v) is 4.94. The monoisotopic (exact) mass is 278 g/mol. The second kappa shape index (κ2) is 8.96. The summed E-state index contributed by atoms with van der Waals surface area (Å²) in [6.07, 6.45) is -0.252. The Morgan fingerprint density at radius 1 is 1.15 bits per heavy atom. The highest BCUT2D eigenvalue weighted by atomic mass is 16.5. The number of carbonyl (C=O) groups excluding carboxylic acids is 2. The van der Waals surface area contributed by atoms with Gasteiger partial charge in [0.15, 0.2) is 0 Å². The number of hydrogen-bond acceptors (Lipinski definition) is 3. The van der Waals surface area contributed by atoms with Gasteiger partial charge >= 0.3 is 6.09 Å². The lowest BCUT2D eigenvalue weighted by molar-refractivity contribution is -0.121. The molecule has 20 heavy (non-hydrogen) atoms. The highest BCUT2D eigenvalue weighted by Gasteiger charge is 2.05. The number of benzene rings is 1. The van der Waals surface area contributed by atoms with Crippen molar-refractivity contribution in [3.05, 3.63) is 35.9 Å². The quantitative estimate of drug-likeness (QED) is 0.802. The summed E-state index contributed by atoms with van der Waals surface area (Å²) in [5.41, 5.74) is 0.928. The summed E-state index contributed by atoms with van der Waals surface area (Å²) >= 11 is 0. The molecule has 0 aliphatic carbocycles. The summed E-state index contributed by atoms with van der Waals surface area (Å²) in [5, 5.41) is 5.33. The van der Waals surface area contributed by atoms with Crippen molar-refractivity contribution in [1.29, 1.82) is 0 Å². The average molecular weight is 278 g/mol. The molecule has 5 heteroatoms. The van der Waals surface area contributed by atoms with Gasteiger partial charge in [0.25, 0.3) is 0 Å². The third-order valence-corrected chi connectivity index (χ3v) is 2.54. The number of carbonyl (C=O) groups is 2. The Hall–Kier alpha value is -2.04. The van der Waals surface area contributed by atoms with E-state index in [1.165, 1.54) is 0 Å². The Bertz CT molecular complexity index is 418. The number of nitrogens with one attached hydrogen (secondary N) is 2. The molecule has 0 atom stereocenters. The van der Waals surface area contributed by atoms with Crippen LogP contribution in [0.4, 0.5) is 4.79 Å². The molecule has 2 N–H and O–H groups in total. The van der Waals surface area contributed by atoms with E-state index in [9.17, 15) is 9.59 Å². The van der Waals surface area contributed by atoms with Gasteiger partial charge in [-0.3, -0.25) is 4.79 Å². The molecule has 1 aromatic carbocycles. The van der Waals surface area contributed by atoms with E-state index < -0.39 is 6.09 Å². The summed E-state index contributed by atoms with van der Waals surface area (Å²) in [7, 11) is 0. The molecule has 110 valence electrons. The van der Waals surface area contributed by atoms with Crippen molar-refractivity contribution >= 4 is 12.0 Å². The first kappa shape index (κ1) is 16.0. The summed E-state index contributed by atoms with van der Waals surface area (Å²) in [4.78, 5) is 22.8. The van der Waals surface area contributed by atoms with Gasteiger partial charge in [0, 0.05) is 19.5 Å². The second-order valence-electron chi connectivity index (χ2n) is 4.94. The lowest BCUT2D eigenvalue weighted by Crippen LogP contribution is -2.32. The van der Waals surface area contributed by atoms with Crippen LogP contribution >= 0.6 is 0 Å². The van der Waals surface area contributed by atoms with Crippen LogP contribution in [0.1, 0.15) is 25.8 Å². The molecule has 0 unspecified atom stereocenters. The third-order valence-electron chi connectivity index (χ3n) is 2.54. The maximum atomic E-state index is 11.4.